The van der Waals surface area contributed by atoms with Crippen molar-refractivity contribution in [3.63, 3.8) is 0 Å². The molecule has 21 heavy (non-hydrogen) atoms. The van der Waals surface area contributed by atoms with Crippen LogP contribution < -0.4 is 11.1 Å². The molecule has 0 bridgehead atoms. The second-order valence-electron chi connectivity index (χ2n) is 6.16. The summed E-state index contributed by atoms with van der Waals surface area (Å²) in [6, 6.07) is -1.76. The zero-order valence-electron chi connectivity index (χ0n) is 12.8. The number of carboxylic acids is 1. The number of primary amides is 1. The third-order valence-corrected chi connectivity index (χ3v) is 3.52. The molecule has 1 rings (SSSR count). The number of piperazine rings is 1. The Morgan fingerprint density at radius 1 is 1.19 bits per heavy atom. The van der Waals surface area contributed by atoms with Crippen molar-refractivity contribution in [3.8, 4) is 0 Å². The van der Waals surface area contributed by atoms with Crippen LogP contribution in [0.5, 0.6) is 0 Å². The van der Waals surface area contributed by atoms with E-state index in [2.05, 4.69) is 31.0 Å². The van der Waals surface area contributed by atoms with Gasteiger partial charge in [0.15, 0.2) is 0 Å². The fourth-order valence-electron chi connectivity index (χ4n) is 2.22. The van der Waals surface area contributed by atoms with Crippen LogP contribution in [0, 0.1) is 0 Å². The molecule has 120 valence electrons. The number of hydrogen-bond donors (Lipinski definition) is 3. The molecule has 1 saturated heterocycles. The molecule has 4 N–H and O–H groups in total. The molecule has 1 unspecified atom stereocenters. The summed E-state index contributed by atoms with van der Waals surface area (Å²) in [7, 11) is 0. The summed E-state index contributed by atoms with van der Waals surface area (Å²) in [4.78, 5) is 37.6. The largest absolute Gasteiger partial charge is 0.480 e. The van der Waals surface area contributed by atoms with Crippen LogP contribution in [-0.2, 0) is 9.59 Å². The Balaban J connectivity index is 2.53. The molecule has 0 spiro atoms. The fraction of sp³-hybridized carbons (Fsp3) is 0.769. The molecule has 0 aromatic carbocycles. The highest BCUT2D eigenvalue weighted by Gasteiger charge is 2.30. The molecule has 0 aromatic heterocycles. The first-order valence-corrected chi connectivity index (χ1v) is 6.93. The predicted octanol–water partition coefficient (Wildman–Crippen LogP) is -0.559. The van der Waals surface area contributed by atoms with Gasteiger partial charge in [-0.3, -0.25) is 9.69 Å². The van der Waals surface area contributed by atoms with Gasteiger partial charge in [-0.05, 0) is 20.8 Å². The number of hydrogen-bond acceptors (Lipinski definition) is 4. The number of carbonyl (C=O) groups excluding carboxylic acids is 2. The van der Waals surface area contributed by atoms with Gasteiger partial charge < -0.3 is 21.1 Å². The van der Waals surface area contributed by atoms with Crippen molar-refractivity contribution in [1.29, 1.82) is 0 Å². The highest BCUT2D eigenvalue weighted by atomic mass is 16.4. The van der Waals surface area contributed by atoms with Gasteiger partial charge in [-0.25, -0.2) is 9.59 Å². The standard InChI is InChI=1S/C13H24N4O4/c1-13(2,3)17-6-4-16(5-7-17)12(21)15-9(11(19)20)8-10(14)18/h9H,4-8H2,1-3H3,(H2,14,18)(H,15,21)(H,19,20). The van der Waals surface area contributed by atoms with E-state index in [1.165, 1.54) is 0 Å². The highest BCUT2D eigenvalue weighted by Crippen LogP contribution is 2.15. The highest BCUT2D eigenvalue weighted by molar-refractivity contribution is 5.87. The Morgan fingerprint density at radius 3 is 2.10 bits per heavy atom. The lowest BCUT2D eigenvalue weighted by atomic mass is 10.1. The van der Waals surface area contributed by atoms with Crippen molar-refractivity contribution in [1.82, 2.24) is 15.1 Å². The number of urea groups is 1. The van der Waals surface area contributed by atoms with E-state index in [9.17, 15) is 14.4 Å². The van der Waals surface area contributed by atoms with E-state index < -0.39 is 30.4 Å². The molecule has 1 aliphatic heterocycles. The number of carboxylic acid groups (broad SMARTS) is 1. The Hall–Kier alpha value is -1.83. The smallest absolute Gasteiger partial charge is 0.326 e. The lowest BCUT2D eigenvalue weighted by Crippen LogP contribution is -2.58. The first kappa shape index (κ1) is 17.2. The van der Waals surface area contributed by atoms with E-state index in [0.717, 1.165) is 13.1 Å². The minimum absolute atomic E-state index is 0.0398. The van der Waals surface area contributed by atoms with Crippen LogP contribution in [0.25, 0.3) is 0 Å². The zero-order chi connectivity index (χ0) is 16.2. The Labute approximate surface area is 124 Å². The monoisotopic (exact) mass is 300 g/mol. The number of rotatable bonds is 4. The second-order valence-corrected chi connectivity index (χ2v) is 6.16. The normalized spacial score (nSPS) is 18.1. The van der Waals surface area contributed by atoms with Gasteiger partial charge in [-0.15, -0.1) is 0 Å². The summed E-state index contributed by atoms with van der Waals surface area (Å²) in [6.45, 7) is 8.81. The van der Waals surface area contributed by atoms with Gasteiger partial charge in [-0.1, -0.05) is 0 Å². The van der Waals surface area contributed by atoms with E-state index in [1.54, 1.807) is 4.90 Å². The number of nitrogens with one attached hydrogen (secondary N) is 1. The summed E-state index contributed by atoms with van der Waals surface area (Å²) in [5.74, 6) is -2.03. The number of amides is 3. The van der Waals surface area contributed by atoms with Crippen LogP contribution in [0.3, 0.4) is 0 Å². The van der Waals surface area contributed by atoms with Crippen LogP contribution >= 0.6 is 0 Å². The summed E-state index contributed by atoms with van der Waals surface area (Å²) in [5, 5.41) is 11.3. The van der Waals surface area contributed by atoms with Crippen LogP contribution in [0.2, 0.25) is 0 Å². The molecule has 0 aromatic rings. The number of nitrogens with two attached hydrogens (primary N) is 1. The summed E-state index contributed by atoms with van der Waals surface area (Å²) in [5.41, 5.74) is 5.02. The minimum atomic E-state index is -1.28. The SMILES string of the molecule is CC(C)(C)N1CCN(C(=O)NC(CC(N)=O)C(=O)O)CC1. The number of nitrogens with zero attached hydrogens (tertiary/aromatic N) is 2. The molecule has 1 atom stereocenters. The van der Waals surface area contributed by atoms with E-state index in [4.69, 9.17) is 10.8 Å². The van der Waals surface area contributed by atoms with Crippen molar-refractivity contribution in [2.75, 3.05) is 26.2 Å². The molecule has 1 heterocycles. The summed E-state index contributed by atoms with van der Waals surface area (Å²) < 4.78 is 0. The van der Waals surface area contributed by atoms with Crippen LogP contribution in [0.1, 0.15) is 27.2 Å². The number of aliphatic carboxylic acids is 1. The van der Waals surface area contributed by atoms with Gasteiger partial charge in [0.1, 0.15) is 6.04 Å². The Kier molecular flexibility index (Phi) is 5.54. The minimum Gasteiger partial charge on any atom is -0.480 e. The van der Waals surface area contributed by atoms with E-state index in [1.807, 2.05) is 0 Å². The average Bonchev–Trinajstić information content (AvgIpc) is 2.36. The Bertz CT molecular complexity index is 411. The van der Waals surface area contributed by atoms with Crippen LogP contribution in [-0.4, -0.2) is 70.6 Å². The Morgan fingerprint density at radius 2 is 1.71 bits per heavy atom. The van der Waals surface area contributed by atoms with Crippen LogP contribution in [0.4, 0.5) is 4.79 Å². The van der Waals surface area contributed by atoms with Crippen molar-refractivity contribution in [2.24, 2.45) is 5.73 Å². The van der Waals surface area contributed by atoms with Crippen LogP contribution in [0.15, 0.2) is 0 Å². The zero-order valence-corrected chi connectivity index (χ0v) is 12.8. The summed E-state index contributed by atoms with van der Waals surface area (Å²) in [6.07, 6.45) is -0.414. The molecule has 3 amide bonds. The molecule has 0 saturated carbocycles. The van der Waals surface area contributed by atoms with Gasteiger partial charge in [0.05, 0.1) is 6.42 Å². The molecule has 0 radical (unpaired) electrons. The van der Waals surface area contributed by atoms with Gasteiger partial charge >= 0.3 is 12.0 Å². The van der Waals surface area contributed by atoms with E-state index in [-0.39, 0.29) is 5.54 Å². The topological polar surface area (TPSA) is 116 Å². The van der Waals surface area contributed by atoms with Crippen molar-refractivity contribution in [2.45, 2.75) is 38.8 Å². The maximum absolute atomic E-state index is 12.0. The molecule has 1 aliphatic rings. The second kappa shape index (κ2) is 6.75. The van der Waals surface area contributed by atoms with Gasteiger partial charge in [0.2, 0.25) is 5.91 Å². The van der Waals surface area contributed by atoms with E-state index >= 15 is 0 Å². The molecular weight excluding hydrogens is 276 g/mol. The lowest BCUT2D eigenvalue weighted by molar-refractivity contribution is -0.141. The van der Waals surface area contributed by atoms with Gasteiger partial charge in [-0.2, -0.15) is 0 Å². The quantitative estimate of drug-likeness (QED) is 0.643. The first-order chi connectivity index (χ1) is 9.61. The van der Waals surface area contributed by atoms with Crippen molar-refractivity contribution in [3.05, 3.63) is 0 Å². The number of carbonyl (C=O) groups is 3. The fourth-order valence-corrected chi connectivity index (χ4v) is 2.22. The van der Waals surface area contributed by atoms with Gasteiger partial charge in [0, 0.05) is 31.7 Å². The lowest BCUT2D eigenvalue weighted by Gasteiger charge is -2.42. The first-order valence-electron chi connectivity index (χ1n) is 6.93. The van der Waals surface area contributed by atoms with Crippen molar-refractivity contribution < 1.29 is 19.5 Å². The molecular formula is C13H24N4O4. The maximum atomic E-state index is 12.0. The predicted molar refractivity (Wildman–Crippen MR) is 76.7 cm³/mol. The van der Waals surface area contributed by atoms with Gasteiger partial charge in [0.25, 0.3) is 0 Å². The summed E-state index contributed by atoms with van der Waals surface area (Å²) >= 11 is 0. The third-order valence-electron chi connectivity index (χ3n) is 3.52. The van der Waals surface area contributed by atoms with Crippen molar-refractivity contribution >= 4 is 17.9 Å². The average molecular weight is 300 g/mol. The third kappa shape index (κ3) is 5.22. The molecule has 8 heteroatoms. The maximum Gasteiger partial charge on any atom is 0.326 e. The molecule has 1 fully saturated rings. The molecule has 0 aliphatic carbocycles. The van der Waals surface area contributed by atoms with E-state index in [0.29, 0.717) is 13.1 Å². The molecule has 8 nitrogen and oxygen atoms in total.